The summed E-state index contributed by atoms with van der Waals surface area (Å²) >= 11 is 12.8. The van der Waals surface area contributed by atoms with E-state index in [1.165, 1.54) is 6.07 Å². The number of imide groups is 2. The van der Waals surface area contributed by atoms with Gasteiger partial charge in [0.1, 0.15) is 12.1 Å². The summed E-state index contributed by atoms with van der Waals surface area (Å²) in [6, 6.07) is 15.7. The van der Waals surface area contributed by atoms with E-state index in [4.69, 9.17) is 32.7 Å². The number of carbonyl (C=O) groups excluding carboxylic acids is 7. The van der Waals surface area contributed by atoms with Crippen LogP contribution in [0.2, 0.25) is 10.0 Å². The number of hydrogen-bond donors (Lipinski definition) is 4. The third-order valence-electron chi connectivity index (χ3n) is 11.4. The molecule has 0 spiro atoms. The highest BCUT2D eigenvalue weighted by molar-refractivity contribution is 6.31. The molecular weight excluding hydrogens is 879 g/mol. The zero-order chi connectivity index (χ0) is 46.8. The van der Waals surface area contributed by atoms with E-state index in [1.807, 2.05) is 20.8 Å². The summed E-state index contributed by atoms with van der Waals surface area (Å²) in [7, 11) is 0. The summed E-state index contributed by atoms with van der Waals surface area (Å²) in [4.78, 5) is 94.7. The van der Waals surface area contributed by atoms with Crippen molar-refractivity contribution in [3.05, 3.63) is 93.0 Å². The van der Waals surface area contributed by atoms with Gasteiger partial charge in [-0.25, -0.2) is 0 Å². The summed E-state index contributed by atoms with van der Waals surface area (Å²) in [6.07, 6.45) is -0.101. The Morgan fingerprint density at radius 3 is 2.26 bits per heavy atom. The summed E-state index contributed by atoms with van der Waals surface area (Å²) in [5.41, 5.74) is 1.87. The number of halogens is 2. The molecule has 3 aliphatic heterocycles. The molecule has 3 aliphatic rings. The second-order valence-corrected chi connectivity index (χ2v) is 18.3. The Balaban J connectivity index is 0.866. The number of rotatable bonds is 19. The normalized spacial score (nSPS) is 17.2. The van der Waals surface area contributed by atoms with E-state index >= 15 is 0 Å². The van der Waals surface area contributed by atoms with Gasteiger partial charge in [-0.3, -0.25) is 43.8 Å². The van der Waals surface area contributed by atoms with Gasteiger partial charge in [-0.15, -0.1) is 0 Å². The van der Waals surface area contributed by atoms with E-state index in [0.29, 0.717) is 78.1 Å². The number of ether oxygens (including phenoxy) is 2. The number of fused-ring (bicyclic) bond motifs is 1. The number of nitrogens with zero attached hydrogens (tertiary/aromatic N) is 3. The zero-order valence-electron chi connectivity index (χ0n) is 36.8. The maximum Gasteiger partial charge on any atom is 0.264 e. The Labute approximate surface area is 388 Å². The molecule has 0 saturated carbocycles. The molecule has 65 heavy (non-hydrogen) atoms. The number of amides is 7. The van der Waals surface area contributed by atoms with Gasteiger partial charge < -0.3 is 35.0 Å². The first-order valence-electron chi connectivity index (χ1n) is 21.9. The van der Waals surface area contributed by atoms with Crippen molar-refractivity contribution in [3.8, 4) is 0 Å². The maximum absolute atomic E-state index is 13.9. The Hall–Kier alpha value is -5.39. The van der Waals surface area contributed by atoms with Crippen LogP contribution in [0.25, 0.3) is 0 Å². The first-order valence-corrected chi connectivity index (χ1v) is 22.6. The summed E-state index contributed by atoms with van der Waals surface area (Å²) in [5, 5.41) is 20.4. The molecule has 348 valence electrons. The predicted molar refractivity (Wildman–Crippen MR) is 244 cm³/mol. The summed E-state index contributed by atoms with van der Waals surface area (Å²) < 4.78 is 11.3. The van der Waals surface area contributed by atoms with Crippen LogP contribution in [0.3, 0.4) is 0 Å². The van der Waals surface area contributed by atoms with Crippen LogP contribution in [0.15, 0.2) is 60.7 Å². The lowest BCUT2D eigenvalue weighted by atomic mass is 9.93. The minimum Gasteiger partial charge on any atom is -0.384 e. The van der Waals surface area contributed by atoms with Crippen molar-refractivity contribution >= 4 is 75.9 Å². The second kappa shape index (κ2) is 22.2. The molecule has 0 aromatic heterocycles. The van der Waals surface area contributed by atoms with Gasteiger partial charge in [-0.2, -0.15) is 0 Å². The number of benzene rings is 3. The van der Waals surface area contributed by atoms with Crippen molar-refractivity contribution in [2.24, 2.45) is 11.3 Å². The molecular formula is C47H56Cl2N6O10. The lowest BCUT2D eigenvalue weighted by molar-refractivity contribution is -0.136. The van der Waals surface area contributed by atoms with Crippen LogP contribution < -0.4 is 20.9 Å². The van der Waals surface area contributed by atoms with Crippen molar-refractivity contribution in [3.63, 3.8) is 0 Å². The number of anilines is 2. The van der Waals surface area contributed by atoms with Crippen molar-refractivity contribution in [1.82, 2.24) is 20.4 Å². The molecule has 18 heteroatoms. The molecule has 6 rings (SSSR count). The number of carbonyl (C=O) groups is 7. The standard InChI is InChI=1S/C47H56Cl2N6O10/c1-47(2,3)28-54(36-12-11-30(48)27-33(36)42(59)31-7-4-5-9-34(31)49)40(58)16-15-39(57)53-21-17-29(18-22-53)43(60)51-20-24-65-26-25-64-23-19-50-35-10-6-8-32-41(35)46(63)55(45(32)62)37-13-14-38(56)52-44(37)61/h4-12,27,29,37,42,50,59H,13-26,28H2,1-3H3,(H,51,60)(H,52,56,61). The lowest BCUT2D eigenvalue weighted by Crippen LogP contribution is -2.54. The third kappa shape index (κ3) is 12.5. The number of likely N-dealkylation sites (tertiary alicyclic amines) is 1. The number of nitrogens with one attached hydrogen (secondary N) is 3. The van der Waals surface area contributed by atoms with Crippen LogP contribution in [0.4, 0.5) is 11.4 Å². The zero-order valence-corrected chi connectivity index (χ0v) is 38.3. The van der Waals surface area contributed by atoms with Gasteiger partial charge in [0.25, 0.3) is 11.8 Å². The van der Waals surface area contributed by atoms with Crippen LogP contribution >= 0.6 is 23.2 Å². The Kier molecular flexibility index (Phi) is 16.8. The molecule has 3 heterocycles. The number of aliphatic hydroxyl groups is 1. The molecule has 16 nitrogen and oxygen atoms in total. The van der Waals surface area contributed by atoms with Crippen molar-refractivity contribution in [1.29, 1.82) is 0 Å². The Morgan fingerprint density at radius 2 is 1.57 bits per heavy atom. The number of piperidine rings is 2. The first kappa shape index (κ1) is 49.1. The highest BCUT2D eigenvalue weighted by Gasteiger charge is 2.45. The molecule has 2 fully saturated rings. The maximum atomic E-state index is 13.9. The highest BCUT2D eigenvalue weighted by atomic mass is 35.5. The molecule has 2 saturated heterocycles. The van der Waals surface area contributed by atoms with Crippen molar-refractivity contribution in [2.45, 2.75) is 71.4 Å². The molecule has 3 aromatic carbocycles. The van der Waals surface area contributed by atoms with Gasteiger partial charge in [0, 0.05) is 90.5 Å². The fraction of sp³-hybridized carbons (Fsp3) is 0.468. The van der Waals surface area contributed by atoms with E-state index < -0.39 is 35.8 Å². The molecule has 2 unspecified atom stereocenters. The van der Waals surface area contributed by atoms with Gasteiger partial charge >= 0.3 is 0 Å². The van der Waals surface area contributed by atoms with E-state index in [0.717, 1.165) is 4.90 Å². The van der Waals surface area contributed by atoms with Crippen molar-refractivity contribution in [2.75, 3.05) is 69.4 Å². The third-order valence-corrected chi connectivity index (χ3v) is 12.0. The van der Waals surface area contributed by atoms with Crippen LogP contribution in [-0.4, -0.2) is 121 Å². The van der Waals surface area contributed by atoms with E-state index in [2.05, 4.69) is 16.0 Å². The Morgan fingerprint density at radius 1 is 0.862 bits per heavy atom. The topological polar surface area (TPSA) is 204 Å². The molecule has 3 aromatic rings. The average molecular weight is 936 g/mol. The van der Waals surface area contributed by atoms with Crippen LogP contribution in [0.1, 0.15) is 97.2 Å². The molecule has 4 N–H and O–H groups in total. The van der Waals surface area contributed by atoms with Crippen molar-refractivity contribution < 1.29 is 48.1 Å². The predicted octanol–water partition coefficient (Wildman–Crippen LogP) is 5.14. The van der Waals surface area contributed by atoms with Gasteiger partial charge in [-0.05, 0) is 61.1 Å². The quantitative estimate of drug-likeness (QED) is 0.0916. The Bertz CT molecular complexity index is 2280. The van der Waals surface area contributed by atoms with Gasteiger partial charge in [0.2, 0.25) is 29.5 Å². The monoisotopic (exact) mass is 934 g/mol. The van der Waals surface area contributed by atoms with E-state index in [1.54, 1.807) is 64.4 Å². The second-order valence-electron chi connectivity index (χ2n) is 17.4. The summed E-state index contributed by atoms with van der Waals surface area (Å²) in [5.74, 6) is -3.08. The SMILES string of the molecule is CC(C)(C)CN(C(=O)CCC(=O)N1CCC(C(=O)NCCOCCOCCNc2cccc3c2C(=O)N(C2CCC(=O)NC2=O)C3=O)CC1)c1ccc(Cl)cc1C(O)c1ccccc1Cl. The van der Waals surface area contributed by atoms with E-state index in [9.17, 15) is 38.7 Å². The largest absolute Gasteiger partial charge is 0.384 e. The smallest absolute Gasteiger partial charge is 0.264 e. The molecule has 0 aliphatic carbocycles. The highest BCUT2D eigenvalue weighted by Crippen LogP contribution is 2.38. The fourth-order valence-corrected chi connectivity index (χ4v) is 8.59. The van der Waals surface area contributed by atoms with Gasteiger partial charge in [-0.1, -0.05) is 68.2 Å². The van der Waals surface area contributed by atoms with Gasteiger partial charge in [0.15, 0.2) is 0 Å². The number of aliphatic hydroxyl groups excluding tert-OH is 1. The minimum atomic E-state index is -1.15. The van der Waals surface area contributed by atoms with Crippen LogP contribution in [-0.2, 0) is 33.4 Å². The fourth-order valence-electron chi connectivity index (χ4n) is 8.17. The first-order chi connectivity index (χ1) is 31.0. The number of hydrogen-bond acceptors (Lipinski definition) is 11. The van der Waals surface area contributed by atoms with Gasteiger partial charge in [0.05, 0.1) is 37.6 Å². The van der Waals surface area contributed by atoms with E-state index in [-0.39, 0.29) is 92.3 Å². The molecule has 2 atom stereocenters. The average Bonchev–Trinajstić information content (AvgIpc) is 3.53. The molecule has 7 amide bonds. The minimum absolute atomic E-state index is 0.00505. The lowest BCUT2D eigenvalue weighted by Gasteiger charge is -2.33. The molecule has 0 radical (unpaired) electrons. The molecule has 0 bridgehead atoms. The summed E-state index contributed by atoms with van der Waals surface area (Å²) in [6.45, 7) is 8.88. The van der Waals surface area contributed by atoms with Crippen LogP contribution in [0, 0.1) is 11.3 Å². The van der Waals surface area contributed by atoms with Crippen LogP contribution in [0.5, 0.6) is 0 Å².